The van der Waals surface area contributed by atoms with Gasteiger partial charge < -0.3 is 9.30 Å². The maximum atomic E-state index is 12.1. The van der Waals surface area contributed by atoms with Crippen LogP contribution in [-0.2, 0) is 16.6 Å². The number of hydrogen-bond donors (Lipinski definition) is 0. The maximum absolute atomic E-state index is 12.1. The Hall–Kier alpha value is -1.93. The fourth-order valence-electron chi connectivity index (χ4n) is 2.49. The summed E-state index contributed by atoms with van der Waals surface area (Å²) in [5.74, 6) is 0.620. The molecule has 0 bridgehead atoms. The molecule has 1 aliphatic heterocycles. The Balaban J connectivity index is 1.78. The lowest BCUT2D eigenvalue weighted by Crippen LogP contribution is -2.43. The summed E-state index contributed by atoms with van der Waals surface area (Å²) in [5.41, 5.74) is 0.873. The summed E-state index contributed by atoms with van der Waals surface area (Å²) in [6, 6.07) is 5.32. The first-order valence-electron chi connectivity index (χ1n) is 7.12. The zero-order valence-electron chi connectivity index (χ0n) is 12.3. The topological polar surface area (TPSA) is 77.3 Å². The summed E-state index contributed by atoms with van der Waals surface area (Å²) in [4.78, 5) is 8.23. The Morgan fingerprint density at radius 3 is 3.00 bits per heavy atom. The molecule has 0 N–H and O–H groups in total. The van der Waals surface area contributed by atoms with Crippen LogP contribution in [0.4, 0.5) is 0 Å². The SMILES string of the molecule is CCS(=O)(=O)N1Cc2cncn2C(COc2ccccn2)C1. The largest absolute Gasteiger partial charge is 0.475 e. The van der Waals surface area contributed by atoms with E-state index >= 15 is 0 Å². The minimum Gasteiger partial charge on any atom is -0.475 e. The summed E-state index contributed by atoms with van der Waals surface area (Å²) >= 11 is 0. The molecule has 1 atom stereocenters. The van der Waals surface area contributed by atoms with Crippen LogP contribution >= 0.6 is 0 Å². The fourth-order valence-corrected chi connectivity index (χ4v) is 3.59. The lowest BCUT2D eigenvalue weighted by Gasteiger charge is -2.33. The van der Waals surface area contributed by atoms with E-state index in [0.29, 0.717) is 25.6 Å². The van der Waals surface area contributed by atoms with Gasteiger partial charge in [0, 0.05) is 25.0 Å². The Bertz CT molecular complexity index is 730. The number of imidazole rings is 1. The molecule has 0 radical (unpaired) electrons. The lowest BCUT2D eigenvalue weighted by atomic mass is 10.2. The van der Waals surface area contributed by atoms with Crippen LogP contribution in [-0.4, -0.2) is 46.2 Å². The van der Waals surface area contributed by atoms with Crippen molar-refractivity contribution in [3.8, 4) is 5.88 Å². The second kappa shape index (κ2) is 6.05. The Kier molecular flexibility index (Phi) is 4.12. The third-order valence-corrected chi connectivity index (χ3v) is 5.51. The summed E-state index contributed by atoms with van der Waals surface area (Å²) in [7, 11) is -3.24. The van der Waals surface area contributed by atoms with E-state index in [-0.39, 0.29) is 11.8 Å². The predicted molar refractivity (Wildman–Crippen MR) is 80.9 cm³/mol. The van der Waals surface area contributed by atoms with Gasteiger partial charge in [-0.1, -0.05) is 6.07 Å². The molecule has 0 saturated carbocycles. The van der Waals surface area contributed by atoms with Crippen molar-refractivity contribution in [2.45, 2.75) is 19.5 Å². The normalized spacial score (nSPS) is 18.9. The van der Waals surface area contributed by atoms with E-state index in [1.54, 1.807) is 31.7 Å². The quantitative estimate of drug-likeness (QED) is 0.823. The van der Waals surface area contributed by atoms with Gasteiger partial charge in [0.05, 0.1) is 30.4 Å². The number of rotatable bonds is 5. The second-order valence-electron chi connectivity index (χ2n) is 5.12. The van der Waals surface area contributed by atoms with Crippen LogP contribution in [0, 0.1) is 0 Å². The van der Waals surface area contributed by atoms with Gasteiger partial charge in [0.15, 0.2) is 0 Å². The molecule has 0 spiro atoms. The molecule has 0 amide bonds. The predicted octanol–water partition coefficient (Wildman–Crippen LogP) is 1.06. The molecule has 8 heteroatoms. The van der Waals surface area contributed by atoms with E-state index in [9.17, 15) is 8.42 Å². The van der Waals surface area contributed by atoms with Crippen molar-refractivity contribution in [1.82, 2.24) is 18.8 Å². The van der Waals surface area contributed by atoms with Crippen LogP contribution in [0.2, 0.25) is 0 Å². The number of hydrogen-bond acceptors (Lipinski definition) is 5. The molecule has 0 fully saturated rings. The van der Waals surface area contributed by atoms with Crippen molar-refractivity contribution < 1.29 is 13.2 Å². The lowest BCUT2D eigenvalue weighted by molar-refractivity contribution is 0.190. The van der Waals surface area contributed by atoms with Crippen molar-refractivity contribution >= 4 is 10.0 Å². The van der Waals surface area contributed by atoms with Crippen molar-refractivity contribution in [3.63, 3.8) is 0 Å². The Labute approximate surface area is 129 Å². The highest BCUT2D eigenvalue weighted by molar-refractivity contribution is 7.89. The Morgan fingerprint density at radius 1 is 1.41 bits per heavy atom. The van der Waals surface area contributed by atoms with Crippen LogP contribution in [0.5, 0.6) is 5.88 Å². The second-order valence-corrected chi connectivity index (χ2v) is 7.38. The first-order chi connectivity index (χ1) is 10.6. The molecule has 2 aromatic rings. The van der Waals surface area contributed by atoms with Crippen molar-refractivity contribution in [1.29, 1.82) is 0 Å². The monoisotopic (exact) mass is 322 g/mol. The summed E-state index contributed by atoms with van der Waals surface area (Å²) in [6.07, 6.45) is 5.08. The average molecular weight is 322 g/mol. The standard InChI is InChI=1S/C14H18N4O3S/c1-2-22(19,20)17-8-12-7-15-11-18(12)13(9-17)10-21-14-5-3-4-6-16-14/h3-7,11,13H,2,8-10H2,1H3. The minimum absolute atomic E-state index is 0.0922. The van der Waals surface area contributed by atoms with E-state index in [1.165, 1.54) is 4.31 Å². The molecule has 22 heavy (non-hydrogen) atoms. The van der Waals surface area contributed by atoms with Crippen LogP contribution in [0.25, 0.3) is 0 Å². The molecule has 0 saturated heterocycles. The molecular formula is C14H18N4O3S. The van der Waals surface area contributed by atoms with Crippen molar-refractivity contribution in [2.24, 2.45) is 0 Å². The number of sulfonamides is 1. The van der Waals surface area contributed by atoms with Gasteiger partial charge in [0.25, 0.3) is 0 Å². The van der Waals surface area contributed by atoms with Gasteiger partial charge in [-0.3, -0.25) is 0 Å². The van der Waals surface area contributed by atoms with Crippen LogP contribution in [0.1, 0.15) is 18.7 Å². The van der Waals surface area contributed by atoms with E-state index in [2.05, 4.69) is 9.97 Å². The van der Waals surface area contributed by atoms with Crippen molar-refractivity contribution in [3.05, 3.63) is 42.6 Å². The van der Waals surface area contributed by atoms with Gasteiger partial charge >= 0.3 is 0 Å². The zero-order valence-corrected chi connectivity index (χ0v) is 13.1. The Morgan fingerprint density at radius 2 is 2.27 bits per heavy atom. The fraction of sp³-hybridized carbons (Fsp3) is 0.429. The molecule has 1 unspecified atom stereocenters. The molecule has 7 nitrogen and oxygen atoms in total. The van der Waals surface area contributed by atoms with Gasteiger partial charge in [-0.2, -0.15) is 4.31 Å². The molecule has 0 aromatic carbocycles. The van der Waals surface area contributed by atoms with E-state index in [1.807, 2.05) is 16.7 Å². The first-order valence-corrected chi connectivity index (χ1v) is 8.73. The molecule has 118 valence electrons. The summed E-state index contributed by atoms with van der Waals surface area (Å²) in [5, 5.41) is 0. The third kappa shape index (κ3) is 2.97. The average Bonchev–Trinajstić information content (AvgIpc) is 3.02. The molecular weight excluding hydrogens is 304 g/mol. The van der Waals surface area contributed by atoms with E-state index in [4.69, 9.17) is 4.74 Å². The summed E-state index contributed by atoms with van der Waals surface area (Å²) < 4.78 is 33.5. The number of ether oxygens (including phenoxy) is 1. The number of pyridine rings is 1. The van der Waals surface area contributed by atoms with Gasteiger partial charge in [-0.25, -0.2) is 18.4 Å². The van der Waals surface area contributed by atoms with Crippen LogP contribution in [0.15, 0.2) is 36.9 Å². The highest BCUT2D eigenvalue weighted by Crippen LogP contribution is 2.24. The van der Waals surface area contributed by atoms with Gasteiger partial charge in [0.2, 0.25) is 15.9 Å². The van der Waals surface area contributed by atoms with Gasteiger partial charge in [0.1, 0.15) is 6.61 Å². The number of fused-ring (bicyclic) bond motifs is 1. The van der Waals surface area contributed by atoms with E-state index in [0.717, 1.165) is 5.69 Å². The first kappa shape index (κ1) is 15.0. The maximum Gasteiger partial charge on any atom is 0.214 e. The third-order valence-electron chi connectivity index (χ3n) is 3.71. The van der Waals surface area contributed by atoms with Gasteiger partial charge in [-0.05, 0) is 13.0 Å². The van der Waals surface area contributed by atoms with Crippen LogP contribution < -0.4 is 4.74 Å². The van der Waals surface area contributed by atoms with Gasteiger partial charge in [-0.15, -0.1) is 0 Å². The van der Waals surface area contributed by atoms with E-state index < -0.39 is 10.0 Å². The minimum atomic E-state index is -3.24. The number of nitrogens with zero attached hydrogens (tertiary/aromatic N) is 4. The summed E-state index contributed by atoms with van der Waals surface area (Å²) in [6.45, 7) is 2.74. The van der Waals surface area contributed by atoms with Crippen molar-refractivity contribution in [2.75, 3.05) is 18.9 Å². The molecule has 0 aliphatic carbocycles. The number of aromatic nitrogens is 3. The molecule has 3 heterocycles. The molecule has 2 aromatic heterocycles. The molecule has 3 rings (SSSR count). The molecule has 1 aliphatic rings. The smallest absolute Gasteiger partial charge is 0.214 e. The highest BCUT2D eigenvalue weighted by Gasteiger charge is 2.31. The highest BCUT2D eigenvalue weighted by atomic mass is 32.2. The zero-order chi connectivity index (χ0) is 15.6. The van der Waals surface area contributed by atoms with Crippen LogP contribution in [0.3, 0.4) is 0 Å².